The zero-order chi connectivity index (χ0) is 13.1. The van der Waals surface area contributed by atoms with Crippen LogP contribution in [0.25, 0.3) is 0 Å². The molecule has 1 aromatic heterocycles. The van der Waals surface area contributed by atoms with Crippen LogP contribution in [0.4, 0.5) is 10.2 Å². The Bertz CT molecular complexity index is 554. The molecule has 0 amide bonds. The molecule has 0 spiro atoms. The van der Waals surface area contributed by atoms with E-state index in [4.69, 9.17) is 5.73 Å². The maximum absolute atomic E-state index is 13.3. The summed E-state index contributed by atoms with van der Waals surface area (Å²) in [6.45, 7) is 1.58. The van der Waals surface area contributed by atoms with Gasteiger partial charge in [-0.2, -0.15) is 0 Å². The molecule has 3 nitrogen and oxygen atoms in total. The molecule has 2 aromatic rings. The van der Waals surface area contributed by atoms with Gasteiger partial charge in [-0.1, -0.05) is 12.1 Å². The lowest BCUT2D eigenvalue weighted by molar-refractivity contribution is 0.604. The van der Waals surface area contributed by atoms with Crippen LogP contribution in [0.15, 0.2) is 33.6 Å². The lowest BCUT2D eigenvalue weighted by Crippen LogP contribution is -2.04. The van der Waals surface area contributed by atoms with Crippen LogP contribution in [0.3, 0.4) is 0 Å². The van der Waals surface area contributed by atoms with E-state index in [1.807, 2.05) is 24.3 Å². The number of thioether (sulfide) groups is 1. The monoisotopic (exact) mass is 327 g/mol. The number of halogens is 2. The maximum atomic E-state index is 13.3. The molecule has 0 aliphatic carbocycles. The number of aryl methyl sites for hydroxylation is 1. The molecule has 0 unspecified atom stereocenters. The molecular formula is C12H11BrFN3S. The van der Waals surface area contributed by atoms with Crippen LogP contribution < -0.4 is 5.73 Å². The third-order valence-corrected chi connectivity index (χ3v) is 4.31. The van der Waals surface area contributed by atoms with E-state index in [0.717, 1.165) is 9.37 Å². The Labute approximate surface area is 117 Å². The zero-order valence-electron chi connectivity index (χ0n) is 9.65. The van der Waals surface area contributed by atoms with Gasteiger partial charge in [0.2, 0.25) is 0 Å². The number of anilines is 1. The summed E-state index contributed by atoms with van der Waals surface area (Å²) in [6, 6.07) is 7.87. The number of rotatable bonds is 3. The van der Waals surface area contributed by atoms with E-state index in [2.05, 4.69) is 25.9 Å². The van der Waals surface area contributed by atoms with Crippen molar-refractivity contribution < 1.29 is 4.39 Å². The summed E-state index contributed by atoms with van der Waals surface area (Å²) in [7, 11) is 0. The lowest BCUT2D eigenvalue weighted by atomic mass is 10.4. The molecule has 0 saturated heterocycles. The highest BCUT2D eigenvalue weighted by atomic mass is 79.9. The smallest absolute Gasteiger partial charge is 0.186 e. The van der Waals surface area contributed by atoms with Crippen molar-refractivity contribution in [1.82, 2.24) is 9.97 Å². The third-order valence-electron chi connectivity index (χ3n) is 2.28. The molecule has 94 valence electrons. The van der Waals surface area contributed by atoms with Gasteiger partial charge < -0.3 is 5.73 Å². The fourth-order valence-corrected chi connectivity index (χ4v) is 2.83. The molecule has 0 aliphatic rings. The predicted octanol–water partition coefficient (Wildman–Crippen LogP) is 3.56. The quantitative estimate of drug-likeness (QED) is 0.876. The Morgan fingerprint density at radius 3 is 2.72 bits per heavy atom. The highest BCUT2D eigenvalue weighted by molar-refractivity contribution is 9.10. The summed E-state index contributed by atoms with van der Waals surface area (Å²) < 4.78 is 14.3. The number of hydrogen-bond donors (Lipinski definition) is 1. The zero-order valence-corrected chi connectivity index (χ0v) is 12.1. The second kappa shape index (κ2) is 5.67. The van der Waals surface area contributed by atoms with Crippen molar-refractivity contribution in [2.24, 2.45) is 0 Å². The van der Waals surface area contributed by atoms with Crippen molar-refractivity contribution in [3.63, 3.8) is 0 Å². The number of benzene rings is 1. The summed E-state index contributed by atoms with van der Waals surface area (Å²) >= 11 is 5.04. The van der Waals surface area contributed by atoms with Crippen LogP contribution >= 0.6 is 27.7 Å². The number of nitrogens with zero attached hydrogens (tertiary/aromatic N) is 2. The third kappa shape index (κ3) is 3.00. The van der Waals surface area contributed by atoms with E-state index in [1.165, 1.54) is 0 Å². The first-order chi connectivity index (χ1) is 8.58. The minimum atomic E-state index is -0.537. The second-order valence-electron chi connectivity index (χ2n) is 3.64. The van der Waals surface area contributed by atoms with Crippen LogP contribution in [-0.2, 0) is 5.75 Å². The van der Waals surface area contributed by atoms with Crippen molar-refractivity contribution in [3.05, 3.63) is 46.1 Å². The Kier molecular flexibility index (Phi) is 4.19. The molecular weight excluding hydrogens is 317 g/mol. The van der Waals surface area contributed by atoms with Crippen molar-refractivity contribution >= 4 is 33.5 Å². The Morgan fingerprint density at radius 1 is 1.33 bits per heavy atom. The van der Waals surface area contributed by atoms with Gasteiger partial charge >= 0.3 is 0 Å². The van der Waals surface area contributed by atoms with Gasteiger partial charge in [0.15, 0.2) is 11.6 Å². The van der Waals surface area contributed by atoms with Gasteiger partial charge in [0.25, 0.3) is 0 Å². The summed E-state index contributed by atoms with van der Waals surface area (Å²) in [5.41, 5.74) is 5.76. The summed E-state index contributed by atoms with van der Waals surface area (Å²) in [5, 5.41) is 0. The largest absolute Gasteiger partial charge is 0.381 e. The number of nitrogen functional groups attached to an aromatic ring is 1. The van der Waals surface area contributed by atoms with Crippen LogP contribution in [0.1, 0.15) is 11.5 Å². The molecule has 1 heterocycles. The number of hydrogen-bond acceptors (Lipinski definition) is 4. The highest BCUT2D eigenvalue weighted by Crippen LogP contribution is 2.29. The van der Waals surface area contributed by atoms with E-state index in [-0.39, 0.29) is 11.5 Å². The first-order valence-electron chi connectivity index (χ1n) is 5.23. The highest BCUT2D eigenvalue weighted by Gasteiger charge is 2.09. The molecule has 0 fully saturated rings. The molecule has 0 aliphatic heterocycles. The number of aromatic nitrogens is 2. The van der Waals surface area contributed by atoms with Gasteiger partial charge in [-0.25, -0.2) is 14.4 Å². The molecule has 2 N–H and O–H groups in total. The van der Waals surface area contributed by atoms with E-state index >= 15 is 0 Å². The summed E-state index contributed by atoms with van der Waals surface area (Å²) in [5.74, 6) is 0.454. The van der Waals surface area contributed by atoms with E-state index in [9.17, 15) is 4.39 Å². The van der Waals surface area contributed by atoms with E-state index < -0.39 is 5.82 Å². The number of nitrogens with two attached hydrogens (primary N) is 1. The van der Waals surface area contributed by atoms with Gasteiger partial charge in [-0.05, 0) is 35.0 Å². The Morgan fingerprint density at radius 2 is 2.06 bits per heavy atom. The van der Waals surface area contributed by atoms with Gasteiger partial charge in [-0.15, -0.1) is 11.8 Å². The van der Waals surface area contributed by atoms with E-state index in [1.54, 1.807) is 18.7 Å². The van der Waals surface area contributed by atoms with Gasteiger partial charge in [0.1, 0.15) is 5.82 Å². The predicted molar refractivity (Wildman–Crippen MR) is 74.8 cm³/mol. The lowest BCUT2D eigenvalue weighted by Gasteiger charge is -2.05. The van der Waals surface area contributed by atoms with Crippen LogP contribution in [0, 0.1) is 12.7 Å². The topological polar surface area (TPSA) is 51.8 Å². The Hall–Kier alpha value is -1.14. The summed E-state index contributed by atoms with van der Waals surface area (Å²) in [6.07, 6.45) is 0. The van der Waals surface area contributed by atoms with Crippen molar-refractivity contribution in [1.29, 1.82) is 0 Å². The van der Waals surface area contributed by atoms with Crippen LogP contribution in [-0.4, -0.2) is 9.97 Å². The molecule has 2 rings (SSSR count). The van der Waals surface area contributed by atoms with Gasteiger partial charge in [0.05, 0.1) is 11.4 Å². The van der Waals surface area contributed by atoms with Gasteiger partial charge in [-0.3, -0.25) is 0 Å². The standard InChI is InChI=1S/C12H11BrFN3S/c1-7-11(14)12(15)17-10(16-7)6-18-9-5-3-2-4-8(9)13/h2-5H,6H2,1H3,(H2,15,16,17). The fourth-order valence-electron chi connectivity index (χ4n) is 1.41. The van der Waals surface area contributed by atoms with Crippen molar-refractivity contribution in [3.8, 4) is 0 Å². The summed E-state index contributed by atoms with van der Waals surface area (Å²) in [4.78, 5) is 9.09. The minimum Gasteiger partial charge on any atom is -0.381 e. The van der Waals surface area contributed by atoms with E-state index in [0.29, 0.717) is 11.6 Å². The Balaban J connectivity index is 2.14. The first kappa shape index (κ1) is 13.3. The molecule has 18 heavy (non-hydrogen) atoms. The molecule has 0 bridgehead atoms. The minimum absolute atomic E-state index is 0.0924. The molecule has 0 atom stereocenters. The fraction of sp³-hybridized carbons (Fsp3) is 0.167. The molecule has 0 radical (unpaired) electrons. The van der Waals surface area contributed by atoms with Crippen molar-refractivity contribution in [2.75, 3.05) is 5.73 Å². The van der Waals surface area contributed by atoms with Crippen LogP contribution in [0.5, 0.6) is 0 Å². The molecule has 6 heteroatoms. The first-order valence-corrected chi connectivity index (χ1v) is 7.01. The SMILES string of the molecule is Cc1nc(CSc2ccccc2Br)nc(N)c1F. The average Bonchev–Trinajstić information content (AvgIpc) is 2.35. The molecule has 0 saturated carbocycles. The normalized spacial score (nSPS) is 10.6. The maximum Gasteiger partial charge on any atom is 0.186 e. The van der Waals surface area contributed by atoms with Gasteiger partial charge in [0, 0.05) is 9.37 Å². The van der Waals surface area contributed by atoms with Crippen LogP contribution in [0.2, 0.25) is 0 Å². The molecule has 1 aromatic carbocycles. The second-order valence-corrected chi connectivity index (χ2v) is 5.52. The van der Waals surface area contributed by atoms with Crippen molar-refractivity contribution in [2.45, 2.75) is 17.6 Å². The average molecular weight is 328 g/mol.